The van der Waals surface area contributed by atoms with Crippen LogP contribution in [0.1, 0.15) is 42.2 Å². The Morgan fingerprint density at radius 1 is 1.07 bits per heavy atom. The van der Waals surface area contributed by atoms with Crippen molar-refractivity contribution in [3.63, 3.8) is 0 Å². The van der Waals surface area contributed by atoms with Crippen molar-refractivity contribution in [3.05, 3.63) is 66.7 Å². The monoisotopic (exact) mass is 567 g/mol. The van der Waals surface area contributed by atoms with Gasteiger partial charge in [-0.3, -0.25) is 14.3 Å². The lowest BCUT2D eigenvalue weighted by atomic mass is 9.86. The third-order valence-electron chi connectivity index (χ3n) is 7.86. The quantitative estimate of drug-likeness (QED) is 0.259. The summed E-state index contributed by atoms with van der Waals surface area (Å²) in [4.78, 5) is 31.6. The molecule has 3 N–H and O–H groups in total. The van der Waals surface area contributed by atoms with Gasteiger partial charge in [-0.2, -0.15) is 5.10 Å². The first kappa shape index (κ1) is 27.2. The van der Waals surface area contributed by atoms with Crippen LogP contribution < -0.4 is 25.6 Å². The molecule has 0 aliphatic heterocycles. The van der Waals surface area contributed by atoms with E-state index in [2.05, 4.69) is 48.2 Å². The number of pyridine rings is 1. The largest absolute Gasteiger partial charge is 0.494 e. The zero-order chi connectivity index (χ0) is 29.2. The lowest BCUT2D eigenvalue weighted by Gasteiger charge is -2.41. The number of benzene rings is 1. The molecule has 0 bridgehead atoms. The summed E-state index contributed by atoms with van der Waals surface area (Å²) < 4.78 is 7.87. The second-order valence-corrected chi connectivity index (χ2v) is 10.6. The first-order valence-electron chi connectivity index (χ1n) is 14.0. The molecule has 3 aromatic heterocycles. The number of methoxy groups -OCH3 is 1. The fourth-order valence-corrected chi connectivity index (χ4v) is 5.15. The van der Waals surface area contributed by atoms with E-state index < -0.39 is 5.91 Å². The van der Waals surface area contributed by atoms with Crippen LogP contribution >= 0.6 is 0 Å². The molecule has 0 saturated heterocycles. The van der Waals surface area contributed by atoms with Crippen LogP contribution in [-0.4, -0.2) is 64.0 Å². The number of amides is 2. The number of nitrogens with zero attached hydrogens (tertiary/aromatic N) is 6. The van der Waals surface area contributed by atoms with Gasteiger partial charge >= 0.3 is 0 Å². The molecule has 6 rings (SSSR count). The van der Waals surface area contributed by atoms with Crippen LogP contribution in [0.5, 0.6) is 5.75 Å². The minimum atomic E-state index is -0.408. The van der Waals surface area contributed by atoms with Crippen LogP contribution in [0.25, 0.3) is 11.1 Å². The Balaban J connectivity index is 1.22. The molecule has 12 nitrogen and oxygen atoms in total. The van der Waals surface area contributed by atoms with E-state index in [-0.39, 0.29) is 23.3 Å². The maximum absolute atomic E-state index is 12.6. The standard InChI is InChI=1S/C30H33N9O3/c1-31-30(41)27-24(15-25(36-37-27)35-29(40)18-10-11-18)34-23-8-6-7-22(28(23)42-3)19-16-33-39(17-19)21-13-20(14-21)38(2)26-9-4-5-12-32-26/h4-9,12,15-18,20-21H,10-11,13-14H2,1-3H3,(H,31,41)(H2,34,35,36,40). The Hall–Kier alpha value is -5.00. The molecule has 12 heteroatoms. The lowest BCUT2D eigenvalue weighted by molar-refractivity contribution is -0.117. The van der Waals surface area contributed by atoms with Gasteiger partial charge in [0.1, 0.15) is 11.6 Å². The smallest absolute Gasteiger partial charge is 0.273 e. The Labute approximate surface area is 243 Å². The molecule has 0 spiro atoms. The second-order valence-electron chi connectivity index (χ2n) is 10.6. The van der Waals surface area contributed by atoms with E-state index in [4.69, 9.17) is 4.74 Å². The number of para-hydroxylation sites is 1. The van der Waals surface area contributed by atoms with Crippen LogP contribution in [0.4, 0.5) is 23.0 Å². The summed E-state index contributed by atoms with van der Waals surface area (Å²) in [6.07, 6.45) is 9.38. The van der Waals surface area contributed by atoms with Crippen LogP contribution in [0.2, 0.25) is 0 Å². The Morgan fingerprint density at radius 2 is 1.90 bits per heavy atom. The van der Waals surface area contributed by atoms with Gasteiger partial charge < -0.3 is 25.6 Å². The topological polar surface area (TPSA) is 139 Å². The minimum Gasteiger partial charge on any atom is -0.494 e. The fraction of sp³-hybridized carbons (Fsp3) is 0.333. The van der Waals surface area contributed by atoms with Crippen molar-refractivity contribution in [2.75, 3.05) is 36.7 Å². The lowest BCUT2D eigenvalue weighted by Crippen LogP contribution is -2.43. The minimum absolute atomic E-state index is 0.00659. The van der Waals surface area contributed by atoms with Crippen molar-refractivity contribution in [2.24, 2.45) is 5.92 Å². The molecule has 0 unspecified atom stereocenters. The third-order valence-corrected chi connectivity index (χ3v) is 7.86. The predicted octanol–water partition coefficient (Wildman–Crippen LogP) is 4.04. The molecule has 0 radical (unpaired) electrons. The number of hydrogen-bond acceptors (Lipinski definition) is 9. The van der Waals surface area contributed by atoms with E-state index in [0.717, 1.165) is 42.6 Å². The molecule has 2 saturated carbocycles. The van der Waals surface area contributed by atoms with Gasteiger partial charge in [-0.25, -0.2) is 4.98 Å². The summed E-state index contributed by atoms with van der Waals surface area (Å²) in [6.45, 7) is 0. The predicted molar refractivity (Wildman–Crippen MR) is 159 cm³/mol. The molecule has 42 heavy (non-hydrogen) atoms. The molecule has 216 valence electrons. The van der Waals surface area contributed by atoms with Gasteiger partial charge in [0.15, 0.2) is 11.5 Å². The number of ether oxygens (including phenoxy) is 1. The van der Waals surface area contributed by atoms with Crippen LogP contribution in [0, 0.1) is 5.92 Å². The Morgan fingerprint density at radius 3 is 2.62 bits per heavy atom. The van der Waals surface area contributed by atoms with Crippen LogP contribution in [0.15, 0.2) is 61.1 Å². The molecule has 1 aromatic carbocycles. The Bertz CT molecular complexity index is 1600. The number of rotatable bonds is 10. The van der Waals surface area contributed by atoms with E-state index in [9.17, 15) is 9.59 Å². The zero-order valence-electron chi connectivity index (χ0n) is 23.7. The van der Waals surface area contributed by atoms with E-state index in [1.54, 1.807) is 13.2 Å². The summed E-state index contributed by atoms with van der Waals surface area (Å²) >= 11 is 0. The number of anilines is 4. The van der Waals surface area contributed by atoms with Gasteiger partial charge in [0.2, 0.25) is 5.91 Å². The molecular formula is C30H33N9O3. The first-order valence-corrected chi connectivity index (χ1v) is 14.0. The number of nitrogens with one attached hydrogen (secondary N) is 3. The maximum Gasteiger partial charge on any atom is 0.273 e. The first-order chi connectivity index (χ1) is 20.4. The third kappa shape index (κ3) is 5.47. The molecule has 0 atom stereocenters. The van der Waals surface area contributed by atoms with E-state index in [0.29, 0.717) is 29.2 Å². The van der Waals surface area contributed by atoms with Crippen LogP contribution in [-0.2, 0) is 4.79 Å². The Kier molecular flexibility index (Phi) is 7.43. The van der Waals surface area contributed by atoms with Crippen molar-refractivity contribution in [1.82, 2.24) is 30.3 Å². The highest BCUT2D eigenvalue weighted by Gasteiger charge is 2.34. The molecule has 4 aromatic rings. The highest BCUT2D eigenvalue weighted by atomic mass is 16.5. The van der Waals surface area contributed by atoms with Gasteiger partial charge in [-0.15, -0.1) is 10.2 Å². The fourth-order valence-electron chi connectivity index (χ4n) is 5.15. The van der Waals surface area contributed by atoms with E-state index >= 15 is 0 Å². The van der Waals surface area contributed by atoms with Crippen molar-refractivity contribution in [1.29, 1.82) is 0 Å². The molecule has 2 amide bonds. The number of aromatic nitrogens is 5. The van der Waals surface area contributed by atoms with Gasteiger partial charge in [0, 0.05) is 55.6 Å². The summed E-state index contributed by atoms with van der Waals surface area (Å²) in [6, 6.07) is 14.0. The van der Waals surface area contributed by atoms with Crippen molar-refractivity contribution >= 4 is 34.8 Å². The van der Waals surface area contributed by atoms with Gasteiger partial charge in [0.05, 0.1) is 30.7 Å². The second kappa shape index (κ2) is 11.5. The average Bonchev–Trinajstić information content (AvgIpc) is 3.74. The van der Waals surface area contributed by atoms with E-state index in [1.807, 2.05) is 59.7 Å². The zero-order valence-corrected chi connectivity index (χ0v) is 23.7. The molecule has 2 aliphatic carbocycles. The number of carbonyl (C=O) groups excluding carboxylic acids is 2. The normalized spacial score (nSPS) is 17.6. The summed E-state index contributed by atoms with van der Waals surface area (Å²) in [5, 5.41) is 21.5. The average molecular weight is 568 g/mol. The van der Waals surface area contributed by atoms with Crippen molar-refractivity contribution in [3.8, 4) is 16.9 Å². The van der Waals surface area contributed by atoms with Gasteiger partial charge in [-0.05, 0) is 43.9 Å². The van der Waals surface area contributed by atoms with Gasteiger partial charge in [0.25, 0.3) is 5.91 Å². The van der Waals surface area contributed by atoms with Crippen molar-refractivity contribution < 1.29 is 14.3 Å². The molecular weight excluding hydrogens is 534 g/mol. The highest BCUT2D eigenvalue weighted by Crippen LogP contribution is 2.41. The van der Waals surface area contributed by atoms with Gasteiger partial charge in [-0.1, -0.05) is 18.2 Å². The number of hydrogen-bond donors (Lipinski definition) is 3. The molecule has 3 heterocycles. The van der Waals surface area contributed by atoms with Crippen LogP contribution in [0.3, 0.4) is 0 Å². The summed E-state index contributed by atoms with van der Waals surface area (Å²) in [5.41, 5.74) is 2.87. The summed E-state index contributed by atoms with van der Waals surface area (Å²) in [7, 11) is 5.21. The molecule has 2 aliphatic rings. The maximum atomic E-state index is 12.6. The highest BCUT2D eigenvalue weighted by molar-refractivity contribution is 6.00. The SMILES string of the molecule is CNC(=O)c1nnc(NC(=O)C2CC2)cc1Nc1cccc(-c2cnn(C3CC(N(C)c4ccccn4)C3)c2)c1OC. The van der Waals surface area contributed by atoms with Crippen molar-refractivity contribution in [2.45, 2.75) is 37.8 Å². The number of carbonyl (C=O) groups is 2. The summed E-state index contributed by atoms with van der Waals surface area (Å²) in [5.74, 6) is 1.33. The van der Waals surface area contributed by atoms with E-state index in [1.165, 1.54) is 7.05 Å². The molecule has 2 fully saturated rings.